The van der Waals surface area contributed by atoms with Gasteiger partial charge in [-0.25, -0.2) is 15.0 Å². The van der Waals surface area contributed by atoms with Gasteiger partial charge in [0.05, 0.1) is 17.3 Å². The van der Waals surface area contributed by atoms with Crippen molar-refractivity contribution in [3.63, 3.8) is 0 Å². The molecule has 0 amide bonds. The van der Waals surface area contributed by atoms with Crippen LogP contribution in [-0.2, 0) is 12.8 Å². The van der Waals surface area contributed by atoms with Crippen LogP contribution < -0.4 is 9.80 Å². The molecule has 6 rings (SSSR count). The van der Waals surface area contributed by atoms with Crippen molar-refractivity contribution in [3.8, 4) is 0 Å². The molecule has 3 aromatic heterocycles. The monoisotopic (exact) mass is 441 g/mol. The minimum absolute atomic E-state index is 0.185. The summed E-state index contributed by atoms with van der Waals surface area (Å²) in [4.78, 5) is 19.0. The summed E-state index contributed by atoms with van der Waals surface area (Å²) in [5.41, 5.74) is 6.89. The molecule has 2 aliphatic rings. The molecule has 0 saturated carbocycles. The van der Waals surface area contributed by atoms with Gasteiger partial charge in [-0.2, -0.15) is 9.61 Å². The zero-order valence-corrected chi connectivity index (χ0v) is 19.8. The molecule has 4 aromatic rings. The van der Waals surface area contributed by atoms with Crippen molar-refractivity contribution >= 4 is 28.2 Å². The van der Waals surface area contributed by atoms with E-state index >= 15 is 0 Å². The molecule has 0 N–H and O–H groups in total. The molecule has 0 spiro atoms. The maximum absolute atomic E-state index is 5.17. The highest BCUT2D eigenvalue weighted by molar-refractivity contribution is 5.92. The van der Waals surface area contributed by atoms with Crippen LogP contribution in [0.4, 0.5) is 11.6 Å². The topological polar surface area (TPSA) is 62.5 Å². The van der Waals surface area contributed by atoms with E-state index in [1.165, 1.54) is 41.9 Å². The third-order valence-electron chi connectivity index (χ3n) is 7.26. The number of fused-ring (bicyclic) bond motifs is 3. The van der Waals surface area contributed by atoms with Crippen molar-refractivity contribution in [1.29, 1.82) is 0 Å². The van der Waals surface area contributed by atoms with Crippen molar-refractivity contribution < 1.29 is 0 Å². The van der Waals surface area contributed by atoms with Gasteiger partial charge in [-0.3, -0.25) is 0 Å². The van der Waals surface area contributed by atoms with E-state index in [4.69, 9.17) is 15.1 Å². The van der Waals surface area contributed by atoms with Crippen LogP contribution in [-0.4, -0.2) is 45.2 Å². The number of anilines is 2. The van der Waals surface area contributed by atoms with Gasteiger partial charge < -0.3 is 9.80 Å². The molecule has 0 radical (unpaired) electrons. The first-order valence-corrected chi connectivity index (χ1v) is 12.2. The number of benzene rings is 1. The van der Waals surface area contributed by atoms with Crippen molar-refractivity contribution in [3.05, 3.63) is 53.1 Å². The Labute approximate surface area is 194 Å². The molecule has 1 aliphatic heterocycles. The van der Waals surface area contributed by atoms with E-state index in [0.29, 0.717) is 0 Å². The first-order valence-electron chi connectivity index (χ1n) is 12.2. The van der Waals surface area contributed by atoms with E-state index in [9.17, 15) is 0 Å². The lowest BCUT2D eigenvalue weighted by Gasteiger charge is -2.36. The van der Waals surface area contributed by atoms with Gasteiger partial charge in [0.15, 0.2) is 5.65 Å². The van der Waals surface area contributed by atoms with Crippen molar-refractivity contribution in [1.82, 2.24) is 24.6 Å². The number of piperidine rings is 1. The minimum Gasteiger partial charge on any atom is -0.362 e. The van der Waals surface area contributed by atoms with Crippen LogP contribution in [0.1, 0.15) is 60.7 Å². The van der Waals surface area contributed by atoms with Gasteiger partial charge in [0, 0.05) is 43.4 Å². The number of rotatable bonds is 3. The second-order valence-corrected chi connectivity index (χ2v) is 9.67. The van der Waals surface area contributed by atoms with Crippen LogP contribution in [0.15, 0.2) is 30.6 Å². The van der Waals surface area contributed by atoms with E-state index in [-0.39, 0.29) is 6.04 Å². The van der Waals surface area contributed by atoms with Crippen LogP contribution in [0.3, 0.4) is 0 Å². The molecule has 4 heterocycles. The number of hydrogen-bond donors (Lipinski definition) is 0. The van der Waals surface area contributed by atoms with Crippen molar-refractivity contribution in [2.45, 2.75) is 57.9 Å². The van der Waals surface area contributed by atoms with Gasteiger partial charge in [0.1, 0.15) is 18.0 Å². The highest BCUT2D eigenvalue weighted by Crippen LogP contribution is 2.38. The molecule has 7 nitrogen and oxygen atoms in total. The summed E-state index contributed by atoms with van der Waals surface area (Å²) in [6.07, 6.45) is 9.73. The average Bonchev–Trinajstić information content (AvgIpc) is 3.25. The summed E-state index contributed by atoms with van der Waals surface area (Å²) in [5.74, 6) is 2.21. The van der Waals surface area contributed by atoms with Gasteiger partial charge in [0.2, 0.25) is 0 Å². The molecule has 0 bridgehead atoms. The molecule has 1 fully saturated rings. The summed E-state index contributed by atoms with van der Waals surface area (Å²) in [6.45, 7) is 3.13. The average molecular weight is 442 g/mol. The summed E-state index contributed by atoms with van der Waals surface area (Å²) >= 11 is 0. The fourth-order valence-corrected chi connectivity index (χ4v) is 5.74. The van der Waals surface area contributed by atoms with E-state index in [2.05, 4.69) is 64.6 Å². The van der Waals surface area contributed by atoms with Crippen LogP contribution in [0.2, 0.25) is 0 Å². The predicted molar refractivity (Wildman–Crippen MR) is 132 cm³/mol. The van der Waals surface area contributed by atoms with Gasteiger partial charge in [-0.05, 0) is 63.5 Å². The Balaban J connectivity index is 1.50. The Bertz CT molecular complexity index is 1330. The lowest BCUT2D eigenvalue weighted by molar-refractivity contribution is 0.461. The molecule has 1 aliphatic carbocycles. The molecule has 1 unspecified atom stereocenters. The van der Waals surface area contributed by atoms with E-state index < -0.39 is 0 Å². The maximum Gasteiger partial charge on any atom is 0.157 e. The number of aromatic nitrogens is 5. The number of aryl methyl sites for hydroxylation is 2. The van der Waals surface area contributed by atoms with Crippen molar-refractivity contribution in [2.75, 3.05) is 30.4 Å². The molecular formula is C26H31N7. The zero-order valence-electron chi connectivity index (χ0n) is 19.8. The summed E-state index contributed by atoms with van der Waals surface area (Å²) in [5, 5.41) is 6.32. The van der Waals surface area contributed by atoms with Crippen LogP contribution in [0, 0.1) is 6.92 Å². The second kappa shape index (κ2) is 7.97. The Kier molecular flexibility index (Phi) is 4.93. The molecule has 7 heteroatoms. The van der Waals surface area contributed by atoms with Crippen LogP contribution in [0.25, 0.3) is 16.6 Å². The third kappa shape index (κ3) is 3.33. The fraction of sp³-hybridized carbons (Fsp3) is 0.462. The van der Waals surface area contributed by atoms with E-state index in [0.717, 1.165) is 60.3 Å². The van der Waals surface area contributed by atoms with Gasteiger partial charge >= 0.3 is 0 Å². The molecule has 1 atom stereocenters. The highest BCUT2D eigenvalue weighted by Gasteiger charge is 2.30. The van der Waals surface area contributed by atoms with Gasteiger partial charge in [0.25, 0.3) is 0 Å². The molecule has 1 saturated heterocycles. The number of hydrogen-bond acceptors (Lipinski definition) is 6. The van der Waals surface area contributed by atoms with Crippen molar-refractivity contribution in [2.24, 2.45) is 0 Å². The quantitative estimate of drug-likeness (QED) is 0.461. The fourth-order valence-electron chi connectivity index (χ4n) is 5.74. The van der Waals surface area contributed by atoms with E-state index in [1.807, 2.05) is 0 Å². The second-order valence-electron chi connectivity index (χ2n) is 9.67. The van der Waals surface area contributed by atoms with Crippen LogP contribution >= 0.6 is 0 Å². The largest absolute Gasteiger partial charge is 0.362 e. The predicted octanol–water partition coefficient (Wildman–Crippen LogP) is 4.66. The SMILES string of the molecule is Cc1cccc2ncnc(N3CCCCC3c3cc4nc5c(c(N(C)C)n4n3)CCCC5)c12. The number of nitrogens with zero attached hydrogens (tertiary/aromatic N) is 7. The Morgan fingerprint density at radius 2 is 1.91 bits per heavy atom. The Morgan fingerprint density at radius 3 is 2.79 bits per heavy atom. The lowest BCUT2D eigenvalue weighted by Crippen LogP contribution is -2.34. The Hall–Kier alpha value is -3.22. The maximum atomic E-state index is 5.17. The lowest BCUT2D eigenvalue weighted by atomic mass is 9.96. The molecule has 170 valence electrons. The summed E-state index contributed by atoms with van der Waals surface area (Å²) < 4.78 is 2.08. The molecule has 33 heavy (non-hydrogen) atoms. The van der Waals surface area contributed by atoms with Gasteiger partial charge in [-0.1, -0.05) is 12.1 Å². The van der Waals surface area contributed by atoms with Crippen LogP contribution in [0.5, 0.6) is 0 Å². The minimum atomic E-state index is 0.185. The standard InChI is InChI=1S/C26H31N7/c1-17-9-8-12-20-24(17)25(28-16-27-20)32-14-7-6-13-22(32)21-15-23-29-19-11-5-4-10-18(19)26(31(2)3)33(23)30-21/h8-9,12,15-16,22H,4-7,10-11,13-14H2,1-3H3. The van der Waals surface area contributed by atoms with Gasteiger partial charge in [-0.15, -0.1) is 0 Å². The smallest absolute Gasteiger partial charge is 0.157 e. The molecule has 1 aromatic carbocycles. The summed E-state index contributed by atoms with van der Waals surface area (Å²) in [6, 6.07) is 8.69. The normalized spacial score (nSPS) is 18.6. The zero-order chi connectivity index (χ0) is 22.5. The molecular weight excluding hydrogens is 410 g/mol. The first kappa shape index (κ1) is 20.4. The highest BCUT2D eigenvalue weighted by atomic mass is 15.4. The summed E-state index contributed by atoms with van der Waals surface area (Å²) in [7, 11) is 4.24. The third-order valence-corrected chi connectivity index (χ3v) is 7.26. The Morgan fingerprint density at radius 1 is 1.03 bits per heavy atom. The van der Waals surface area contributed by atoms with E-state index in [1.54, 1.807) is 6.33 Å². The first-order chi connectivity index (χ1) is 16.1.